The number of ether oxygens (including phenoxy) is 3. The molecule has 1 saturated heterocycles. The molecule has 0 saturated carbocycles. The Balaban J connectivity index is 1.77. The van der Waals surface area contributed by atoms with E-state index in [1.807, 2.05) is 30.3 Å². The van der Waals surface area contributed by atoms with Crippen molar-refractivity contribution in [2.45, 2.75) is 11.0 Å². The summed E-state index contributed by atoms with van der Waals surface area (Å²) in [5.74, 6) is 1.31. The summed E-state index contributed by atoms with van der Waals surface area (Å²) in [7, 11) is -2.07. The molecule has 1 fully saturated rings. The zero-order valence-corrected chi connectivity index (χ0v) is 14.8. The molecule has 1 aliphatic heterocycles. The summed E-state index contributed by atoms with van der Waals surface area (Å²) in [6.07, 6.45) is -0.363. The molecule has 0 radical (unpaired) electrons. The van der Waals surface area contributed by atoms with E-state index in [1.165, 1.54) is 4.31 Å². The molecule has 0 aromatic heterocycles. The lowest BCUT2D eigenvalue weighted by molar-refractivity contribution is 0.0723. The third kappa shape index (κ3) is 4.31. The molecule has 0 aliphatic carbocycles. The van der Waals surface area contributed by atoms with Gasteiger partial charge in [0.25, 0.3) is 0 Å². The summed E-state index contributed by atoms with van der Waals surface area (Å²) in [5, 5.41) is 0. The van der Waals surface area contributed by atoms with E-state index in [9.17, 15) is 8.42 Å². The molecular weight excluding hydrogens is 342 g/mol. The van der Waals surface area contributed by atoms with Crippen molar-refractivity contribution < 1.29 is 22.6 Å². The van der Waals surface area contributed by atoms with E-state index in [-0.39, 0.29) is 17.5 Å². The Morgan fingerprint density at radius 3 is 2.44 bits per heavy atom. The van der Waals surface area contributed by atoms with Gasteiger partial charge in [0.1, 0.15) is 17.6 Å². The maximum absolute atomic E-state index is 12.9. The van der Waals surface area contributed by atoms with Crippen molar-refractivity contribution in [3.05, 3.63) is 54.6 Å². The SMILES string of the molecule is COc1ccc(S(=O)(=O)N2CCOCC(Oc3ccccc3)C2)cc1. The number of benzene rings is 2. The highest BCUT2D eigenvalue weighted by Gasteiger charge is 2.30. The summed E-state index contributed by atoms with van der Waals surface area (Å²) >= 11 is 0. The molecule has 1 heterocycles. The Morgan fingerprint density at radius 2 is 1.76 bits per heavy atom. The van der Waals surface area contributed by atoms with Crippen molar-refractivity contribution in [3.8, 4) is 11.5 Å². The van der Waals surface area contributed by atoms with Gasteiger partial charge in [-0.15, -0.1) is 0 Å². The predicted octanol–water partition coefficient (Wildman–Crippen LogP) is 2.16. The van der Waals surface area contributed by atoms with Crippen LogP contribution < -0.4 is 9.47 Å². The van der Waals surface area contributed by atoms with Crippen molar-refractivity contribution in [3.63, 3.8) is 0 Å². The largest absolute Gasteiger partial charge is 0.497 e. The maximum Gasteiger partial charge on any atom is 0.243 e. The third-order valence-electron chi connectivity index (χ3n) is 3.94. The highest BCUT2D eigenvalue weighted by atomic mass is 32.2. The topological polar surface area (TPSA) is 65.1 Å². The van der Waals surface area contributed by atoms with E-state index >= 15 is 0 Å². The van der Waals surface area contributed by atoms with Crippen LogP contribution in [0.25, 0.3) is 0 Å². The lowest BCUT2D eigenvalue weighted by Gasteiger charge is -2.23. The monoisotopic (exact) mass is 363 g/mol. The molecule has 6 nitrogen and oxygen atoms in total. The zero-order valence-electron chi connectivity index (χ0n) is 14.0. The quantitative estimate of drug-likeness (QED) is 0.815. The fourth-order valence-electron chi connectivity index (χ4n) is 2.63. The van der Waals surface area contributed by atoms with Crippen molar-refractivity contribution in [2.75, 3.05) is 33.4 Å². The molecule has 0 amide bonds. The Bertz CT molecular complexity index is 777. The lowest BCUT2D eigenvalue weighted by Crippen LogP contribution is -2.39. The van der Waals surface area contributed by atoms with Crippen molar-refractivity contribution in [1.82, 2.24) is 4.31 Å². The number of hydrogen-bond acceptors (Lipinski definition) is 5. The van der Waals surface area contributed by atoms with Crippen molar-refractivity contribution in [1.29, 1.82) is 0 Å². The van der Waals surface area contributed by atoms with Crippen LogP contribution >= 0.6 is 0 Å². The number of methoxy groups -OCH3 is 1. The zero-order chi connectivity index (χ0) is 17.7. The molecule has 25 heavy (non-hydrogen) atoms. The molecule has 1 atom stereocenters. The van der Waals surface area contributed by atoms with Crippen LogP contribution in [0, 0.1) is 0 Å². The van der Waals surface area contributed by atoms with Crippen LogP contribution in [0.2, 0.25) is 0 Å². The smallest absolute Gasteiger partial charge is 0.243 e. The number of rotatable bonds is 5. The van der Waals surface area contributed by atoms with Crippen LogP contribution in [-0.2, 0) is 14.8 Å². The Hall–Kier alpha value is -2.09. The van der Waals surface area contributed by atoms with Gasteiger partial charge in [0.2, 0.25) is 10.0 Å². The molecule has 134 valence electrons. The summed E-state index contributed by atoms with van der Waals surface area (Å²) in [4.78, 5) is 0.230. The first kappa shape index (κ1) is 17.7. The minimum absolute atomic E-state index is 0.230. The van der Waals surface area contributed by atoms with Crippen LogP contribution in [0.3, 0.4) is 0 Å². The van der Waals surface area contributed by atoms with Gasteiger partial charge >= 0.3 is 0 Å². The minimum atomic E-state index is -3.62. The van der Waals surface area contributed by atoms with Gasteiger partial charge in [0.15, 0.2) is 0 Å². The van der Waals surface area contributed by atoms with Gasteiger partial charge in [-0.3, -0.25) is 0 Å². The number of sulfonamides is 1. The van der Waals surface area contributed by atoms with Gasteiger partial charge in [-0.05, 0) is 36.4 Å². The van der Waals surface area contributed by atoms with Gasteiger partial charge in [0, 0.05) is 6.54 Å². The average Bonchev–Trinajstić information content (AvgIpc) is 2.89. The molecule has 3 rings (SSSR count). The van der Waals surface area contributed by atoms with E-state index in [4.69, 9.17) is 14.2 Å². The van der Waals surface area contributed by atoms with Crippen molar-refractivity contribution in [2.24, 2.45) is 0 Å². The number of hydrogen-bond donors (Lipinski definition) is 0. The first-order valence-electron chi connectivity index (χ1n) is 8.03. The van der Waals surface area contributed by atoms with Crippen LogP contribution in [0.1, 0.15) is 0 Å². The summed E-state index contributed by atoms with van der Waals surface area (Å²) in [6.45, 7) is 1.22. The molecule has 2 aromatic rings. The van der Waals surface area contributed by atoms with Gasteiger partial charge in [-0.1, -0.05) is 18.2 Å². The van der Waals surface area contributed by atoms with Gasteiger partial charge in [0.05, 0.1) is 31.8 Å². The molecule has 7 heteroatoms. The average molecular weight is 363 g/mol. The molecule has 0 N–H and O–H groups in total. The molecule has 2 aromatic carbocycles. The van der Waals surface area contributed by atoms with Crippen LogP contribution in [0.5, 0.6) is 11.5 Å². The molecular formula is C18H21NO5S. The molecule has 1 aliphatic rings. The fourth-order valence-corrected chi connectivity index (χ4v) is 4.09. The summed E-state index contributed by atoms with van der Waals surface area (Å²) in [5.41, 5.74) is 0. The van der Waals surface area contributed by atoms with Gasteiger partial charge < -0.3 is 14.2 Å². The Morgan fingerprint density at radius 1 is 1.04 bits per heavy atom. The normalized spacial score (nSPS) is 19.2. The van der Waals surface area contributed by atoms with E-state index in [0.717, 1.165) is 0 Å². The number of nitrogens with zero attached hydrogens (tertiary/aromatic N) is 1. The van der Waals surface area contributed by atoms with Crippen molar-refractivity contribution >= 4 is 10.0 Å². The van der Waals surface area contributed by atoms with E-state index in [1.54, 1.807) is 31.4 Å². The molecule has 0 spiro atoms. The second kappa shape index (κ2) is 7.86. The summed E-state index contributed by atoms with van der Waals surface area (Å²) < 4.78 is 43.7. The fraction of sp³-hybridized carbons (Fsp3) is 0.333. The highest BCUT2D eigenvalue weighted by molar-refractivity contribution is 7.89. The number of para-hydroxylation sites is 1. The van der Waals surface area contributed by atoms with Crippen LogP contribution in [0.4, 0.5) is 0 Å². The first-order valence-corrected chi connectivity index (χ1v) is 9.47. The summed E-state index contributed by atoms with van der Waals surface area (Å²) in [6, 6.07) is 15.7. The second-order valence-electron chi connectivity index (χ2n) is 5.67. The molecule has 0 bridgehead atoms. The second-order valence-corrected chi connectivity index (χ2v) is 7.60. The molecule has 1 unspecified atom stereocenters. The Kier molecular flexibility index (Phi) is 5.57. The first-order chi connectivity index (χ1) is 12.1. The standard InChI is InChI=1S/C18H21NO5S/c1-22-15-7-9-18(10-8-15)25(20,21)19-11-12-23-14-17(13-19)24-16-5-3-2-4-6-16/h2-10,17H,11-14H2,1H3. The Labute approximate surface area is 148 Å². The van der Waals surface area contributed by atoms with Gasteiger partial charge in [-0.2, -0.15) is 4.31 Å². The minimum Gasteiger partial charge on any atom is -0.497 e. The lowest BCUT2D eigenvalue weighted by atomic mass is 10.3. The van der Waals surface area contributed by atoms with Gasteiger partial charge in [-0.25, -0.2) is 8.42 Å². The van der Waals surface area contributed by atoms with E-state index < -0.39 is 10.0 Å². The highest BCUT2D eigenvalue weighted by Crippen LogP contribution is 2.21. The van der Waals surface area contributed by atoms with Crippen LogP contribution in [-0.4, -0.2) is 52.2 Å². The maximum atomic E-state index is 12.9. The van der Waals surface area contributed by atoms with E-state index in [2.05, 4.69) is 0 Å². The third-order valence-corrected chi connectivity index (χ3v) is 5.82. The van der Waals surface area contributed by atoms with E-state index in [0.29, 0.717) is 31.3 Å². The predicted molar refractivity (Wildman–Crippen MR) is 93.4 cm³/mol. The van der Waals surface area contributed by atoms with Crippen LogP contribution in [0.15, 0.2) is 59.5 Å².